The van der Waals surface area contributed by atoms with Crippen molar-refractivity contribution >= 4 is 82.4 Å². The van der Waals surface area contributed by atoms with Crippen LogP contribution in [0.1, 0.15) is 31.8 Å². The number of hydrogen-bond acceptors (Lipinski definition) is 9. The normalized spacial score (nSPS) is 11.6. The van der Waals surface area contributed by atoms with Crippen LogP contribution in [0.5, 0.6) is 11.5 Å². The van der Waals surface area contributed by atoms with Gasteiger partial charge in [-0.1, -0.05) is 12.1 Å². The number of carbonyl (C=O) groups excluding carboxylic acids is 3. The van der Waals surface area contributed by atoms with E-state index in [-0.39, 0.29) is 21.9 Å². The van der Waals surface area contributed by atoms with Gasteiger partial charge in [0.1, 0.15) is 11.5 Å². The summed E-state index contributed by atoms with van der Waals surface area (Å²) >= 11 is 0. The van der Waals surface area contributed by atoms with Crippen LogP contribution in [0, 0.1) is 13.8 Å². The molecule has 0 aromatic heterocycles. The third-order valence-electron chi connectivity index (χ3n) is 8.40. The molecule has 15 nitrogen and oxygen atoms in total. The Morgan fingerprint density at radius 1 is 0.500 bits per heavy atom. The van der Waals surface area contributed by atoms with Gasteiger partial charge in [0.15, 0.2) is 0 Å². The van der Waals surface area contributed by atoms with Gasteiger partial charge in [-0.05, 0) is 109 Å². The second kappa shape index (κ2) is 14.1. The second-order valence-corrected chi connectivity index (χ2v) is 15.1. The van der Waals surface area contributed by atoms with Gasteiger partial charge >= 0.3 is 6.03 Å². The molecule has 0 aliphatic rings. The molecular weight excluding hydrogens is 741 g/mol. The summed E-state index contributed by atoms with van der Waals surface area (Å²) in [5.41, 5.74) is 3.12. The monoisotopic (exact) mass is 770 g/mol. The minimum Gasteiger partial charge on any atom is -0.507 e. The number of benzene rings is 6. The van der Waals surface area contributed by atoms with Crippen molar-refractivity contribution in [1.29, 1.82) is 0 Å². The molecule has 8 N–H and O–H groups in total. The van der Waals surface area contributed by atoms with Gasteiger partial charge in [0.05, 0.1) is 9.79 Å². The molecule has 4 amide bonds. The molecule has 0 fully saturated rings. The largest absolute Gasteiger partial charge is 0.507 e. The van der Waals surface area contributed by atoms with E-state index >= 15 is 0 Å². The highest BCUT2D eigenvalue weighted by Gasteiger charge is 2.17. The molecule has 0 spiro atoms. The fourth-order valence-electron chi connectivity index (χ4n) is 5.65. The summed E-state index contributed by atoms with van der Waals surface area (Å²) in [6.45, 7) is 3.39. The van der Waals surface area contributed by atoms with E-state index in [4.69, 9.17) is 0 Å². The third-order valence-corrected chi connectivity index (χ3v) is 10.1. The van der Waals surface area contributed by atoms with E-state index < -0.39 is 59.4 Å². The second-order valence-electron chi connectivity index (χ2n) is 12.3. The van der Waals surface area contributed by atoms with Crippen LogP contribution in [-0.4, -0.2) is 54.0 Å². The summed E-state index contributed by atoms with van der Waals surface area (Å²) in [7, 11) is -9.06. The molecule has 0 aliphatic heterocycles. The maximum Gasteiger partial charge on any atom is 0.323 e. The Bertz CT molecular complexity index is 2600. The van der Waals surface area contributed by atoms with Crippen LogP contribution in [0.3, 0.4) is 0 Å². The molecule has 0 saturated heterocycles. The van der Waals surface area contributed by atoms with Crippen molar-refractivity contribution < 1.29 is 50.5 Å². The van der Waals surface area contributed by atoms with Crippen molar-refractivity contribution in [3.63, 3.8) is 0 Å². The minimum absolute atomic E-state index is 0.251. The number of urea groups is 1. The van der Waals surface area contributed by atoms with Gasteiger partial charge in [0, 0.05) is 56.8 Å². The van der Waals surface area contributed by atoms with Crippen LogP contribution in [0.4, 0.5) is 27.5 Å². The molecule has 17 heteroatoms. The number of aromatic hydroxyl groups is 2. The zero-order chi connectivity index (χ0) is 39.1. The van der Waals surface area contributed by atoms with E-state index in [1.165, 1.54) is 60.7 Å². The van der Waals surface area contributed by atoms with E-state index in [1.807, 2.05) is 0 Å². The van der Waals surface area contributed by atoms with Crippen LogP contribution in [0.25, 0.3) is 21.5 Å². The summed E-state index contributed by atoms with van der Waals surface area (Å²) in [6.07, 6.45) is 0. The number of aryl methyl sites for hydroxylation is 2. The highest BCUT2D eigenvalue weighted by molar-refractivity contribution is 7.86. The van der Waals surface area contributed by atoms with Gasteiger partial charge < -0.3 is 31.5 Å². The molecule has 0 aliphatic carbocycles. The summed E-state index contributed by atoms with van der Waals surface area (Å²) in [6, 6.07) is 21.7. The first-order chi connectivity index (χ1) is 25.3. The Morgan fingerprint density at radius 2 is 0.889 bits per heavy atom. The lowest BCUT2D eigenvalue weighted by Crippen LogP contribution is -2.21. The lowest BCUT2D eigenvalue weighted by Gasteiger charge is -2.14. The van der Waals surface area contributed by atoms with Crippen LogP contribution in [-0.2, 0) is 20.2 Å². The number of hydrogen-bond donors (Lipinski definition) is 8. The Balaban J connectivity index is 1.08. The quantitative estimate of drug-likeness (QED) is 0.0760. The molecule has 6 aromatic carbocycles. The maximum absolute atomic E-state index is 13.0. The van der Waals surface area contributed by atoms with Gasteiger partial charge in [-0.2, -0.15) is 16.8 Å². The zero-order valence-corrected chi connectivity index (χ0v) is 29.8. The van der Waals surface area contributed by atoms with Crippen molar-refractivity contribution in [3.05, 3.63) is 119 Å². The van der Waals surface area contributed by atoms with Gasteiger partial charge in [0.25, 0.3) is 32.1 Å². The fourth-order valence-corrected chi connectivity index (χ4v) is 6.72. The van der Waals surface area contributed by atoms with E-state index in [1.54, 1.807) is 38.1 Å². The third kappa shape index (κ3) is 8.08. The predicted octanol–water partition coefficient (Wildman–Crippen LogP) is 6.66. The Kier molecular flexibility index (Phi) is 9.74. The van der Waals surface area contributed by atoms with Crippen molar-refractivity contribution in [3.8, 4) is 11.5 Å². The van der Waals surface area contributed by atoms with E-state index in [0.717, 1.165) is 12.1 Å². The number of phenols is 2. The van der Waals surface area contributed by atoms with Gasteiger partial charge in [-0.25, -0.2) is 4.79 Å². The van der Waals surface area contributed by atoms with Crippen molar-refractivity contribution in [2.45, 2.75) is 23.6 Å². The molecule has 0 atom stereocenters. The molecule has 0 bridgehead atoms. The molecule has 0 saturated carbocycles. The number of amides is 4. The maximum atomic E-state index is 13.0. The van der Waals surface area contributed by atoms with Crippen molar-refractivity contribution in [1.82, 2.24) is 0 Å². The lowest BCUT2D eigenvalue weighted by molar-refractivity contribution is 0.101. The zero-order valence-electron chi connectivity index (χ0n) is 28.2. The molecular formula is C37H30N4O11S2. The van der Waals surface area contributed by atoms with Crippen LogP contribution >= 0.6 is 0 Å². The lowest BCUT2D eigenvalue weighted by atomic mass is 10.1. The Morgan fingerprint density at radius 3 is 1.24 bits per heavy atom. The fraction of sp³-hybridized carbons (Fsp3) is 0.0541. The highest BCUT2D eigenvalue weighted by atomic mass is 32.2. The summed E-state index contributed by atoms with van der Waals surface area (Å²) < 4.78 is 64.5. The highest BCUT2D eigenvalue weighted by Crippen LogP contribution is 2.33. The number of anilines is 4. The van der Waals surface area contributed by atoms with Crippen molar-refractivity contribution in [2.24, 2.45) is 0 Å². The Labute approximate surface area is 307 Å². The summed E-state index contributed by atoms with van der Waals surface area (Å²) in [5.74, 6) is -1.78. The first-order valence-electron chi connectivity index (χ1n) is 15.8. The molecule has 0 heterocycles. The first kappa shape index (κ1) is 37.2. The summed E-state index contributed by atoms with van der Waals surface area (Å²) in [4.78, 5) is 38.0. The molecule has 6 rings (SSSR count). The number of fused-ring (bicyclic) bond motifs is 2. The van der Waals surface area contributed by atoms with Gasteiger partial charge in [-0.15, -0.1) is 0 Å². The minimum atomic E-state index is -4.53. The smallest absolute Gasteiger partial charge is 0.323 e. The number of rotatable bonds is 8. The Hall–Kier alpha value is -6.53. The van der Waals surface area contributed by atoms with E-state index in [0.29, 0.717) is 44.6 Å². The average molecular weight is 771 g/mol. The number of nitrogens with one attached hydrogen (secondary N) is 4. The molecule has 54 heavy (non-hydrogen) atoms. The predicted molar refractivity (Wildman–Crippen MR) is 202 cm³/mol. The number of phenolic OH excluding ortho intramolecular Hbond substituents is 2. The van der Waals surface area contributed by atoms with Gasteiger partial charge in [-0.3, -0.25) is 18.7 Å². The summed E-state index contributed by atoms with van der Waals surface area (Å²) in [5, 5.41) is 32.6. The SMILES string of the molecule is Cc1cc(C(=O)Nc2ccc3cc(S(=O)(=O)O)cc(O)c3c2)ccc1NC(=O)Nc1ccc(C(=O)Nc2ccc3cc(S(=O)(=O)O)cc(O)c3c2)cc1C. The molecule has 6 aromatic rings. The van der Waals surface area contributed by atoms with E-state index in [9.17, 15) is 50.5 Å². The standard InChI is InChI=1S/C37H30N4O11S2/c1-19-11-23(35(44)38-25-7-3-21-13-27(53(47,48)49)17-33(42)29(21)15-25)5-9-31(19)40-37(46)41-32-10-6-24(12-20(32)2)36(45)39-26-8-4-22-14-28(54(50,51)52)18-34(43)30(22)16-26/h3-18,42-43H,1-2H3,(H,38,44)(H,39,45)(H2,40,41,46)(H,47,48,49)(H,50,51,52). The van der Waals surface area contributed by atoms with Crippen LogP contribution in [0.2, 0.25) is 0 Å². The van der Waals surface area contributed by atoms with E-state index in [2.05, 4.69) is 21.3 Å². The van der Waals surface area contributed by atoms with Gasteiger partial charge in [0.2, 0.25) is 0 Å². The first-order valence-corrected chi connectivity index (χ1v) is 18.6. The topological polar surface area (TPSA) is 249 Å². The van der Waals surface area contributed by atoms with Crippen LogP contribution < -0.4 is 21.3 Å². The molecule has 276 valence electrons. The number of carbonyl (C=O) groups is 3. The molecule has 0 radical (unpaired) electrons. The van der Waals surface area contributed by atoms with Crippen molar-refractivity contribution in [2.75, 3.05) is 21.3 Å². The average Bonchev–Trinajstić information content (AvgIpc) is 3.09. The molecule has 0 unspecified atom stereocenters. The van der Waals surface area contributed by atoms with Crippen LogP contribution in [0.15, 0.2) is 107 Å².